The fraction of sp³-hybridized carbons (Fsp3) is 0.375. The minimum absolute atomic E-state index is 0.00821. The summed E-state index contributed by atoms with van der Waals surface area (Å²) >= 11 is 3.49. The highest BCUT2D eigenvalue weighted by atomic mass is 79.9. The number of hydrogen-bond donors (Lipinski definition) is 2. The number of aryl methyl sites for hydroxylation is 1. The highest BCUT2D eigenvalue weighted by molar-refractivity contribution is 9.10. The van der Waals surface area contributed by atoms with Crippen LogP contribution in [-0.2, 0) is 4.79 Å². The van der Waals surface area contributed by atoms with E-state index in [0.29, 0.717) is 6.54 Å². The smallest absolute Gasteiger partial charge is 0.239 e. The number of pyridine rings is 1. The standard InChI is InChI=1S/C16H20BrN3O/c1-4-7-18-15(21)9-19-16-10(2)11(3)20-14-6-5-12(17)8-13(14)16/h5-6,8H,4,7,9H2,1-3H3,(H,18,21)(H,19,20). The molecule has 0 spiro atoms. The summed E-state index contributed by atoms with van der Waals surface area (Å²) in [6, 6.07) is 5.98. The highest BCUT2D eigenvalue weighted by Gasteiger charge is 2.11. The minimum atomic E-state index is 0.00821. The number of aromatic nitrogens is 1. The summed E-state index contributed by atoms with van der Waals surface area (Å²) in [5.74, 6) is 0.00821. The van der Waals surface area contributed by atoms with E-state index in [1.165, 1.54) is 0 Å². The minimum Gasteiger partial charge on any atom is -0.375 e. The molecule has 2 rings (SSSR count). The summed E-state index contributed by atoms with van der Waals surface area (Å²) in [6.45, 7) is 7.02. The lowest BCUT2D eigenvalue weighted by Crippen LogP contribution is -2.30. The SMILES string of the molecule is CCCNC(=O)CNc1c(C)c(C)nc2ccc(Br)cc12. The molecule has 5 heteroatoms. The Balaban J connectivity index is 2.31. The van der Waals surface area contributed by atoms with E-state index in [1.807, 2.05) is 39.0 Å². The number of halogens is 1. The first-order valence-corrected chi connectivity index (χ1v) is 7.89. The van der Waals surface area contributed by atoms with Gasteiger partial charge in [0.1, 0.15) is 0 Å². The topological polar surface area (TPSA) is 54.0 Å². The van der Waals surface area contributed by atoms with Crippen LogP contribution in [0, 0.1) is 13.8 Å². The summed E-state index contributed by atoms with van der Waals surface area (Å²) < 4.78 is 0.999. The lowest BCUT2D eigenvalue weighted by Gasteiger charge is -2.15. The van der Waals surface area contributed by atoms with E-state index in [0.717, 1.165) is 38.7 Å². The summed E-state index contributed by atoms with van der Waals surface area (Å²) in [4.78, 5) is 16.4. The van der Waals surface area contributed by atoms with Gasteiger partial charge in [0.25, 0.3) is 0 Å². The second-order valence-electron chi connectivity index (χ2n) is 5.06. The van der Waals surface area contributed by atoms with Crippen molar-refractivity contribution >= 4 is 38.4 Å². The molecule has 1 heterocycles. The van der Waals surface area contributed by atoms with Gasteiger partial charge in [-0.15, -0.1) is 0 Å². The number of nitrogens with one attached hydrogen (secondary N) is 2. The molecule has 0 radical (unpaired) electrons. The maximum absolute atomic E-state index is 11.8. The number of benzene rings is 1. The molecule has 21 heavy (non-hydrogen) atoms. The fourth-order valence-electron chi connectivity index (χ4n) is 2.18. The van der Waals surface area contributed by atoms with Crippen LogP contribution in [0.25, 0.3) is 10.9 Å². The molecule has 0 unspecified atom stereocenters. The van der Waals surface area contributed by atoms with Crippen molar-refractivity contribution in [1.29, 1.82) is 0 Å². The molecule has 0 saturated heterocycles. The average molecular weight is 350 g/mol. The van der Waals surface area contributed by atoms with Crippen LogP contribution in [0.4, 0.5) is 5.69 Å². The molecule has 0 atom stereocenters. The zero-order valence-corrected chi connectivity index (χ0v) is 14.2. The third-order valence-corrected chi connectivity index (χ3v) is 3.92. The van der Waals surface area contributed by atoms with Gasteiger partial charge in [-0.05, 0) is 44.0 Å². The summed E-state index contributed by atoms with van der Waals surface area (Å²) in [5.41, 5.74) is 3.95. The van der Waals surface area contributed by atoms with Crippen molar-refractivity contribution in [1.82, 2.24) is 10.3 Å². The Morgan fingerprint density at radius 1 is 1.33 bits per heavy atom. The molecular formula is C16H20BrN3O. The number of carbonyl (C=O) groups is 1. The molecule has 112 valence electrons. The third kappa shape index (κ3) is 3.73. The summed E-state index contributed by atoms with van der Waals surface area (Å²) in [7, 11) is 0. The van der Waals surface area contributed by atoms with Crippen LogP contribution >= 0.6 is 15.9 Å². The van der Waals surface area contributed by atoms with Crippen molar-refractivity contribution < 1.29 is 4.79 Å². The van der Waals surface area contributed by atoms with Gasteiger partial charge in [0.15, 0.2) is 0 Å². The predicted octanol–water partition coefficient (Wildman–Crippen LogP) is 3.55. The van der Waals surface area contributed by atoms with Crippen LogP contribution in [0.5, 0.6) is 0 Å². The maximum atomic E-state index is 11.8. The van der Waals surface area contributed by atoms with Crippen LogP contribution in [0.15, 0.2) is 22.7 Å². The van der Waals surface area contributed by atoms with Gasteiger partial charge in [0.05, 0.1) is 12.1 Å². The Morgan fingerprint density at radius 2 is 2.10 bits per heavy atom. The number of anilines is 1. The maximum Gasteiger partial charge on any atom is 0.239 e. The molecule has 1 amide bonds. The molecule has 1 aromatic heterocycles. The quantitative estimate of drug-likeness (QED) is 0.867. The second kappa shape index (κ2) is 6.89. The third-order valence-electron chi connectivity index (χ3n) is 3.43. The van der Waals surface area contributed by atoms with Gasteiger partial charge in [-0.25, -0.2) is 0 Å². The van der Waals surface area contributed by atoms with Crippen molar-refractivity contribution in [2.24, 2.45) is 0 Å². The van der Waals surface area contributed by atoms with Gasteiger partial charge in [0.2, 0.25) is 5.91 Å². The van der Waals surface area contributed by atoms with Gasteiger partial charge in [-0.3, -0.25) is 9.78 Å². The molecule has 0 aliphatic rings. The molecule has 2 aromatic rings. The van der Waals surface area contributed by atoms with E-state index < -0.39 is 0 Å². The zero-order chi connectivity index (χ0) is 15.4. The normalized spacial score (nSPS) is 10.7. The molecule has 0 aliphatic carbocycles. The lowest BCUT2D eigenvalue weighted by atomic mass is 10.1. The van der Waals surface area contributed by atoms with Crippen molar-refractivity contribution in [3.8, 4) is 0 Å². The first-order chi connectivity index (χ1) is 10.0. The van der Waals surface area contributed by atoms with Crippen LogP contribution in [0.1, 0.15) is 24.6 Å². The van der Waals surface area contributed by atoms with E-state index in [4.69, 9.17) is 0 Å². The first kappa shape index (κ1) is 15.8. The van der Waals surface area contributed by atoms with Crippen molar-refractivity contribution in [3.63, 3.8) is 0 Å². The van der Waals surface area contributed by atoms with E-state index in [1.54, 1.807) is 0 Å². The average Bonchev–Trinajstić information content (AvgIpc) is 2.46. The number of hydrogen-bond acceptors (Lipinski definition) is 3. The molecule has 0 bridgehead atoms. The summed E-state index contributed by atoms with van der Waals surface area (Å²) in [6.07, 6.45) is 0.939. The number of carbonyl (C=O) groups excluding carboxylic acids is 1. The number of nitrogens with zero attached hydrogens (tertiary/aromatic N) is 1. The van der Waals surface area contributed by atoms with Crippen molar-refractivity contribution in [2.75, 3.05) is 18.4 Å². The monoisotopic (exact) mass is 349 g/mol. The van der Waals surface area contributed by atoms with E-state index in [-0.39, 0.29) is 12.5 Å². The number of amides is 1. The zero-order valence-electron chi connectivity index (χ0n) is 12.6. The molecule has 1 aromatic carbocycles. The largest absolute Gasteiger partial charge is 0.375 e. The van der Waals surface area contributed by atoms with Gasteiger partial charge in [0, 0.05) is 27.8 Å². The molecule has 4 nitrogen and oxygen atoms in total. The van der Waals surface area contributed by atoms with Gasteiger partial charge >= 0.3 is 0 Å². The first-order valence-electron chi connectivity index (χ1n) is 7.10. The van der Waals surface area contributed by atoms with Crippen LogP contribution < -0.4 is 10.6 Å². The van der Waals surface area contributed by atoms with Gasteiger partial charge in [-0.2, -0.15) is 0 Å². The van der Waals surface area contributed by atoms with Gasteiger partial charge in [-0.1, -0.05) is 22.9 Å². The second-order valence-corrected chi connectivity index (χ2v) is 5.98. The number of fused-ring (bicyclic) bond motifs is 1. The number of rotatable bonds is 5. The van der Waals surface area contributed by atoms with Crippen LogP contribution in [0.3, 0.4) is 0 Å². The van der Waals surface area contributed by atoms with Crippen molar-refractivity contribution in [3.05, 3.63) is 33.9 Å². The molecule has 0 aliphatic heterocycles. The Morgan fingerprint density at radius 3 is 2.81 bits per heavy atom. The Bertz CT molecular complexity index is 670. The molecule has 0 fully saturated rings. The Labute approximate surface area is 133 Å². The van der Waals surface area contributed by atoms with Crippen LogP contribution in [0.2, 0.25) is 0 Å². The van der Waals surface area contributed by atoms with Gasteiger partial charge < -0.3 is 10.6 Å². The summed E-state index contributed by atoms with van der Waals surface area (Å²) in [5, 5.41) is 7.15. The predicted molar refractivity (Wildman–Crippen MR) is 90.7 cm³/mol. The van der Waals surface area contributed by atoms with E-state index in [9.17, 15) is 4.79 Å². The molecular weight excluding hydrogens is 330 g/mol. The molecule has 2 N–H and O–H groups in total. The Hall–Kier alpha value is -1.62. The van der Waals surface area contributed by atoms with Crippen LogP contribution in [-0.4, -0.2) is 24.0 Å². The highest BCUT2D eigenvalue weighted by Crippen LogP contribution is 2.29. The fourth-order valence-corrected chi connectivity index (χ4v) is 2.54. The van der Waals surface area contributed by atoms with E-state index in [2.05, 4.69) is 31.5 Å². The van der Waals surface area contributed by atoms with E-state index >= 15 is 0 Å². The lowest BCUT2D eigenvalue weighted by molar-refractivity contribution is -0.119. The molecule has 0 saturated carbocycles. The van der Waals surface area contributed by atoms with Crippen molar-refractivity contribution in [2.45, 2.75) is 27.2 Å². The Kier molecular flexibility index (Phi) is 5.17.